The molecule has 11 heteroatoms. The standard InChI is InChI=1S/C43H17F3N8/c44-43(45,46)31-10-28(22-51)9-30(17-31)42-40(53-36-5-1-24(18-47)11-32(36)33-12-25(19-48)2-6-37(33)53)15-29(23-52)16-41(42)54-38-7-3-26(20-49)13-34(38)35-14-27(21-50)4-8-39(35)54/h1-17H. The molecule has 8 aromatic rings. The number of benzene rings is 6. The SMILES string of the molecule is N#Cc1cc(-c2c(-n3c4ccc(C#N)cc4c4cc(C#N)ccc43)cc(C#N)cc2-n2c3ccc(C#N)cc3c3cc(C#N)ccc32)cc(C(F)(F)F)c1. The van der Waals surface area contributed by atoms with Crippen molar-refractivity contribution < 1.29 is 13.2 Å². The van der Waals surface area contributed by atoms with E-state index >= 15 is 0 Å². The summed E-state index contributed by atoms with van der Waals surface area (Å²) in [4.78, 5) is 0. The summed E-state index contributed by atoms with van der Waals surface area (Å²) in [5.74, 6) is 0. The van der Waals surface area contributed by atoms with Gasteiger partial charge in [0.1, 0.15) is 0 Å². The van der Waals surface area contributed by atoms with Crippen LogP contribution in [0.25, 0.3) is 66.1 Å². The molecule has 0 aliphatic heterocycles. The van der Waals surface area contributed by atoms with Gasteiger partial charge in [-0.15, -0.1) is 0 Å². The first-order valence-electron chi connectivity index (χ1n) is 16.1. The first kappa shape index (κ1) is 32.8. The van der Waals surface area contributed by atoms with Crippen LogP contribution in [0.1, 0.15) is 38.9 Å². The fourth-order valence-corrected chi connectivity index (χ4v) is 7.17. The molecule has 2 aromatic heterocycles. The van der Waals surface area contributed by atoms with Crippen LogP contribution in [-0.4, -0.2) is 9.13 Å². The van der Waals surface area contributed by atoms with Crippen LogP contribution in [0.5, 0.6) is 0 Å². The van der Waals surface area contributed by atoms with Gasteiger partial charge in [-0.2, -0.15) is 44.7 Å². The zero-order valence-corrected chi connectivity index (χ0v) is 27.5. The van der Waals surface area contributed by atoms with Crippen LogP contribution < -0.4 is 0 Å². The molecular weight excluding hydrogens is 686 g/mol. The molecule has 2 heterocycles. The fraction of sp³-hybridized carbons (Fsp3) is 0.0233. The van der Waals surface area contributed by atoms with Gasteiger partial charge < -0.3 is 9.13 Å². The van der Waals surface area contributed by atoms with E-state index in [-0.39, 0.29) is 33.6 Å². The summed E-state index contributed by atoms with van der Waals surface area (Å²) in [6.45, 7) is 0. The summed E-state index contributed by atoms with van der Waals surface area (Å²) in [6.07, 6.45) is -4.82. The van der Waals surface area contributed by atoms with Gasteiger partial charge in [-0.1, -0.05) is 0 Å². The maximum atomic E-state index is 14.5. The minimum absolute atomic E-state index is 0.0189. The summed E-state index contributed by atoms with van der Waals surface area (Å²) >= 11 is 0. The van der Waals surface area contributed by atoms with Gasteiger partial charge in [0.15, 0.2) is 0 Å². The Kier molecular flexibility index (Phi) is 7.39. The molecule has 6 aromatic carbocycles. The molecular formula is C43H17F3N8. The third-order valence-corrected chi connectivity index (χ3v) is 9.43. The van der Waals surface area contributed by atoms with E-state index in [1.54, 1.807) is 94.1 Å². The fourth-order valence-electron chi connectivity index (χ4n) is 7.17. The first-order valence-corrected chi connectivity index (χ1v) is 16.1. The smallest absolute Gasteiger partial charge is 0.308 e. The van der Waals surface area contributed by atoms with E-state index in [1.165, 1.54) is 6.07 Å². The molecule has 0 saturated heterocycles. The molecule has 0 bridgehead atoms. The Morgan fingerprint density at radius 3 is 1.04 bits per heavy atom. The van der Waals surface area contributed by atoms with Crippen molar-refractivity contribution in [2.75, 3.05) is 0 Å². The quantitative estimate of drug-likeness (QED) is 0.179. The van der Waals surface area contributed by atoms with Crippen molar-refractivity contribution in [2.45, 2.75) is 6.18 Å². The average Bonchev–Trinajstić information content (AvgIpc) is 3.70. The maximum absolute atomic E-state index is 14.5. The summed E-state index contributed by atoms with van der Waals surface area (Å²) in [5, 5.41) is 61.9. The van der Waals surface area contributed by atoms with Crippen molar-refractivity contribution in [1.29, 1.82) is 31.6 Å². The zero-order chi connectivity index (χ0) is 37.9. The second kappa shape index (κ2) is 12.2. The van der Waals surface area contributed by atoms with E-state index in [0.717, 1.165) is 12.1 Å². The molecule has 0 amide bonds. The highest BCUT2D eigenvalue weighted by molar-refractivity contribution is 6.13. The Hall–Kier alpha value is -8.35. The number of nitrogens with zero attached hydrogens (tertiary/aromatic N) is 8. The number of fused-ring (bicyclic) bond motifs is 6. The highest BCUT2D eigenvalue weighted by atomic mass is 19.4. The topological polar surface area (TPSA) is 153 Å². The molecule has 0 N–H and O–H groups in total. The van der Waals surface area contributed by atoms with Crippen molar-refractivity contribution in [1.82, 2.24) is 9.13 Å². The molecule has 0 aliphatic carbocycles. The minimum atomic E-state index is -4.82. The third-order valence-electron chi connectivity index (χ3n) is 9.43. The van der Waals surface area contributed by atoms with Crippen LogP contribution >= 0.6 is 0 Å². The second-order valence-corrected chi connectivity index (χ2v) is 12.5. The Labute approximate surface area is 304 Å². The molecule has 0 aliphatic rings. The van der Waals surface area contributed by atoms with Crippen molar-refractivity contribution in [3.8, 4) is 58.9 Å². The number of nitriles is 6. The number of aromatic nitrogens is 2. The molecule has 8 rings (SSSR count). The monoisotopic (exact) mass is 702 g/mol. The van der Waals surface area contributed by atoms with Crippen LogP contribution in [0.2, 0.25) is 0 Å². The predicted octanol–water partition coefficient (Wildman–Crippen LogP) is 9.80. The van der Waals surface area contributed by atoms with E-state index in [2.05, 4.69) is 30.3 Å². The summed E-state index contributed by atoms with van der Waals surface area (Å²) < 4.78 is 47.1. The average molecular weight is 703 g/mol. The summed E-state index contributed by atoms with van der Waals surface area (Å²) in [5.41, 5.74) is 3.13. The second-order valence-electron chi connectivity index (χ2n) is 12.5. The number of halogens is 3. The normalized spacial score (nSPS) is 11.1. The van der Waals surface area contributed by atoms with E-state index in [9.17, 15) is 44.7 Å². The molecule has 0 spiro atoms. The van der Waals surface area contributed by atoms with E-state index in [0.29, 0.717) is 65.9 Å². The van der Waals surface area contributed by atoms with Gasteiger partial charge in [0, 0.05) is 27.1 Å². The van der Waals surface area contributed by atoms with Gasteiger partial charge >= 0.3 is 6.18 Å². The lowest BCUT2D eigenvalue weighted by Crippen LogP contribution is -2.08. The molecule has 8 nitrogen and oxygen atoms in total. The van der Waals surface area contributed by atoms with Gasteiger partial charge in [-0.05, 0) is 109 Å². The van der Waals surface area contributed by atoms with Gasteiger partial charge in [0.2, 0.25) is 0 Å². The van der Waals surface area contributed by atoms with Gasteiger partial charge in [-0.25, -0.2) is 0 Å². The van der Waals surface area contributed by atoms with Crippen LogP contribution in [-0.2, 0) is 6.18 Å². The summed E-state index contributed by atoms with van der Waals surface area (Å²) in [6, 6.07) is 38.6. The molecule has 0 fully saturated rings. The Balaban J connectivity index is 1.63. The van der Waals surface area contributed by atoms with Gasteiger partial charge in [-0.3, -0.25) is 0 Å². The van der Waals surface area contributed by atoms with Crippen LogP contribution in [0.3, 0.4) is 0 Å². The largest absolute Gasteiger partial charge is 0.416 e. The lowest BCUT2D eigenvalue weighted by atomic mass is 9.94. The molecule has 250 valence electrons. The van der Waals surface area contributed by atoms with Crippen molar-refractivity contribution in [3.05, 3.63) is 142 Å². The van der Waals surface area contributed by atoms with Crippen molar-refractivity contribution >= 4 is 43.6 Å². The highest BCUT2D eigenvalue weighted by Gasteiger charge is 2.33. The predicted molar refractivity (Wildman–Crippen MR) is 194 cm³/mol. The van der Waals surface area contributed by atoms with E-state index < -0.39 is 11.7 Å². The lowest BCUT2D eigenvalue weighted by Gasteiger charge is -2.22. The van der Waals surface area contributed by atoms with E-state index in [1.807, 2.05) is 6.07 Å². The van der Waals surface area contributed by atoms with E-state index in [4.69, 9.17) is 0 Å². The van der Waals surface area contributed by atoms with Crippen LogP contribution in [0.15, 0.2) is 103 Å². The number of rotatable bonds is 3. The first-order chi connectivity index (χ1) is 26.1. The minimum Gasteiger partial charge on any atom is -0.308 e. The van der Waals surface area contributed by atoms with Gasteiger partial charge in [0.05, 0.1) is 109 Å². The molecule has 54 heavy (non-hydrogen) atoms. The molecule has 0 atom stereocenters. The number of alkyl halides is 3. The lowest BCUT2D eigenvalue weighted by molar-refractivity contribution is -0.137. The van der Waals surface area contributed by atoms with Crippen molar-refractivity contribution in [3.63, 3.8) is 0 Å². The van der Waals surface area contributed by atoms with Crippen LogP contribution in [0, 0.1) is 68.0 Å². The molecule has 0 saturated carbocycles. The maximum Gasteiger partial charge on any atom is 0.416 e. The van der Waals surface area contributed by atoms with Gasteiger partial charge in [0.25, 0.3) is 0 Å². The number of hydrogen-bond donors (Lipinski definition) is 0. The Morgan fingerprint density at radius 1 is 0.389 bits per heavy atom. The molecule has 0 unspecified atom stereocenters. The third kappa shape index (κ3) is 5.03. The van der Waals surface area contributed by atoms with Crippen molar-refractivity contribution in [2.24, 2.45) is 0 Å². The molecule has 0 radical (unpaired) electrons. The zero-order valence-electron chi connectivity index (χ0n) is 27.5. The Bertz CT molecular complexity index is 2920. The highest BCUT2D eigenvalue weighted by Crippen LogP contribution is 2.44. The summed E-state index contributed by atoms with van der Waals surface area (Å²) in [7, 11) is 0. The Morgan fingerprint density at radius 2 is 0.722 bits per heavy atom. The van der Waals surface area contributed by atoms with Crippen LogP contribution in [0.4, 0.5) is 13.2 Å². The number of hydrogen-bond acceptors (Lipinski definition) is 6.